The van der Waals surface area contributed by atoms with Gasteiger partial charge in [-0.05, 0) is 42.3 Å². The maximum Gasteiger partial charge on any atom is 0.258 e. The number of hydrogen-bond acceptors (Lipinski definition) is 7. The number of anilines is 2. The number of ether oxygens (including phenoxy) is 2. The lowest BCUT2D eigenvalue weighted by molar-refractivity contribution is 0.102. The van der Waals surface area contributed by atoms with Crippen LogP contribution in [0.5, 0.6) is 11.6 Å². The van der Waals surface area contributed by atoms with Gasteiger partial charge in [0.05, 0.1) is 55.0 Å². The molecule has 2 heterocycles. The van der Waals surface area contributed by atoms with Gasteiger partial charge in [0.2, 0.25) is 15.9 Å². The molecule has 194 valence electrons. The molecule has 2 aromatic carbocycles. The molecular formula is C25H26FN5O5S. The van der Waals surface area contributed by atoms with Gasteiger partial charge in [-0.1, -0.05) is 25.1 Å². The van der Waals surface area contributed by atoms with Crippen LogP contribution in [0.4, 0.5) is 15.8 Å². The maximum absolute atomic E-state index is 15.0. The number of carbonyl (C=O) groups is 1. The highest BCUT2D eigenvalue weighted by atomic mass is 32.2. The van der Waals surface area contributed by atoms with E-state index in [1.807, 2.05) is 24.3 Å². The molecule has 0 saturated carbocycles. The summed E-state index contributed by atoms with van der Waals surface area (Å²) in [4.78, 5) is 17.3. The van der Waals surface area contributed by atoms with Crippen molar-refractivity contribution in [3.05, 3.63) is 71.7 Å². The van der Waals surface area contributed by atoms with Crippen LogP contribution in [0.2, 0.25) is 0 Å². The number of methoxy groups -OCH3 is 2. The second kappa shape index (κ2) is 10.8. The summed E-state index contributed by atoms with van der Waals surface area (Å²) in [5.41, 5.74) is 1.17. The summed E-state index contributed by atoms with van der Waals surface area (Å²) < 4.78 is 53.5. The summed E-state index contributed by atoms with van der Waals surface area (Å²) in [6, 6.07) is 13.1. The molecule has 0 aliphatic heterocycles. The molecular weight excluding hydrogens is 501 g/mol. The van der Waals surface area contributed by atoms with Crippen molar-refractivity contribution >= 4 is 38.3 Å². The predicted molar refractivity (Wildman–Crippen MR) is 138 cm³/mol. The normalized spacial score (nSPS) is 11.4. The molecule has 2 N–H and O–H groups in total. The second-order valence-electron chi connectivity index (χ2n) is 8.15. The van der Waals surface area contributed by atoms with Crippen LogP contribution in [-0.4, -0.2) is 49.1 Å². The molecule has 0 atom stereocenters. The summed E-state index contributed by atoms with van der Waals surface area (Å²) in [5.74, 6) is -0.850. The highest BCUT2D eigenvalue weighted by molar-refractivity contribution is 7.92. The molecule has 0 spiro atoms. The van der Waals surface area contributed by atoms with E-state index in [9.17, 15) is 17.6 Å². The largest absolute Gasteiger partial charge is 0.497 e. The number of amides is 1. The minimum atomic E-state index is -3.73. The van der Waals surface area contributed by atoms with Crippen molar-refractivity contribution in [1.29, 1.82) is 0 Å². The first-order valence-electron chi connectivity index (χ1n) is 11.4. The number of halogens is 1. The van der Waals surface area contributed by atoms with E-state index >= 15 is 0 Å². The zero-order chi connectivity index (χ0) is 26.6. The number of nitrogens with zero attached hydrogens (tertiary/aromatic N) is 3. The van der Waals surface area contributed by atoms with Gasteiger partial charge in [0.15, 0.2) is 11.5 Å². The Morgan fingerprint density at radius 2 is 1.86 bits per heavy atom. The topological polar surface area (TPSA) is 124 Å². The summed E-state index contributed by atoms with van der Waals surface area (Å²) in [6.07, 6.45) is 1.80. The number of benzene rings is 2. The van der Waals surface area contributed by atoms with Crippen LogP contribution in [0, 0.1) is 5.82 Å². The van der Waals surface area contributed by atoms with E-state index in [0.717, 1.165) is 11.3 Å². The van der Waals surface area contributed by atoms with Gasteiger partial charge < -0.3 is 14.8 Å². The highest BCUT2D eigenvalue weighted by Gasteiger charge is 2.20. The van der Waals surface area contributed by atoms with Crippen LogP contribution in [0.3, 0.4) is 0 Å². The first kappa shape index (κ1) is 25.9. The number of fused-ring (bicyclic) bond motifs is 1. The molecule has 0 unspecified atom stereocenters. The molecule has 12 heteroatoms. The van der Waals surface area contributed by atoms with Crippen LogP contribution in [0.15, 0.2) is 54.7 Å². The highest BCUT2D eigenvalue weighted by Crippen LogP contribution is 2.28. The van der Waals surface area contributed by atoms with Gasteiger partial charge in [-0.2, -0.15) is 0 Å². The Morgan fingerprint density at radius 3 is 2.54 bits per heavy atom. The second-order valence-corrected chi connectivity index (χ2v) is 9.99. The van der Waals surface area contributed by atoms with E-state index in [2.05, 4.69) is 20.1 Å². The number of pyridine rings is 1. The molecule has 0 aliphatic carbocycles. The first-order valence-corrected chi connectivity index (χ1v) is 13.0. The number of carbonyl (C=O) groups excluding carboxylic acids is 1. The van der Waals surface area contributed by atoms with Crippen molar-refractivity contribution in [2.75, 3.05) is 30.0 Å². The van der Waals surface area contributed by atoms with Gasteiger partial charge in [0.1, 0.15) is 5.75 Å². The van der Waals surface area contributed by atoms with Gasteiger partial charge in [-0.3, -0.25) is 9.52 Å². The molecule has 0 bridgehead atoms. The van der Waals surface area contributed by atoms with Crippen molar-refractivity contribution in [3.8, 4) is 11.6 Å². The fraction of sp³-hybridized carbons (Fsp3) is 0.240. The quantitative estimate of drug-likeness (QED) is 0.319. The smallest absolute Gasteiger partial charge is 0.258 e. The SMILES string of the molecule is CCCS(=O)(=O)Nc1cccc(C(=O)Nc2cnc3c(c2)c(OC)nn3Cc2ccc(OC)cc2)c1F. The zero-order valence-electron chi connectivity index (χ0n) is 20.5. The Hall–Kier alpha value is -4.19. The lowest BCUT2D eigenvalue weighted by atomic mass is 10.1. The lowest BCUT2D eigenvalue weighted by Crippen LogP contribution is -2.19. The zero-order valence-corrected chi connectivity index (χ0v) is 21.3. The third-order valence-corrected chi connectivity index (χ3v) is 6.95. The lowest BCUT2D eigenvalue weighted by Gasteiger charge is -2.11. The summed E-state index contributed by atoms with van der Waals surface area (Å²) >= 11 is 0. The van der Waals surface area contributed by atoms with E-state index in [4.69, 9.17) is 9.47 Å². The van der Waals surface area contributed by atoms with Crippen LogP contribution in [-0.2, 0) is 16.6 Å². The van der Waals surface area contributed by atoms with Crippen molar-refractivity contribution in [1.82, 2.24) is 14.8 Å². The Labute approximate surface area is 213 Å². The van der Waals surface area contributed by atoms with Gasteiger partial charge >= 0.3 is 0 Å². The van der Waals surface area contributed by atoms with E-state index < -0.39 is 21.7 Å². The van der Waals surface area contributed by atoms with Gasteiger partial charge in [-0.25, -0.2) is 22.5 Å². The summed E-state index contributed by atoms with van der Waals surface area (Å²) in [7, 11) is -0.650. The van der Waals surface area contributed by atoms with E-state index in [0.29, 0.717) is 29.9 Å². The summed E-state index contributed by atoms with van der Waals surface area (Å²) in [5, 5.41) is 7.62. The molecule has 0 saturated heterocycles. The van der Waals surface area contributed by atoms with Crippen LogP contribution >= 0.6 is 0 Å². The maximum atomic E-state index is 15.0. The molecule has 4 aromatic rings. The number of nitrogens with one attached hydrogen (secondary N) is 2. The molecule has 2 aromatic heterocycles. The monoisotopic (exact) mass is 527 g/mol. The molecule has 0 aliphatic rings. The van der Waals surface area contributed by atoms with Gasteiger partial charge in [-0.15, -0.1) is 5.10 Å². The van der Waals surface area contributed by atoms with Crippen LogP contribution in [0.1, 0.15) is 29.3 Å². The van der Waals surface area contributed by atoms with Crippen molar-refractivity contribution < 1.29 is 27.1 Å². The Morgan fingerprint density at radius 1 is 1.11 bits per heavy atom. The molecule has 1 amide bonds. The third kappa shape index (κ3) is 5.80. The third-order valence-electron chi connectivity index (χ3n) is 5.48. The summed E-state index contributed by atoms with van der Waals surface area (Å²) in [6.45, 7) is 2.12. The molecule has 0 radical (unpaired) electrons. The fourth-order valence-corrected chi connectivity index (χ4v) is 4.87. The van der Waals surface area contributed by atoms with Crippen molar-refractivity contribution in [3.63, 3.8) is 0 Å². The molecule has 0 fully saturated rings. The average molecular weight is 528 g/mol. The Bertz CT molecular complexity index is 1540. The number of aromatic nitrogens is 3. The van der Waals surface area contributed by atoms with Crippen molar-refractivity contribution in [2.45, 2.75) is 19.9 Å². The number of rotatable bonds is 10. The van der Waals surface area contributed by atoms with E-state index in [-0.39, 0.29) is 22.7 Å². The molecule has 37 heavy (non-hydrogen) atoms. The average Bonchev–Trinajstić information content (AvgIpc) is 3.22. The molecule has 10 nitrogen and oxygen atoms in total. The Balaban J connectivity index is 1.58. The number of sulfonamides is 1. The first-order chi connectivity index (χ1) is 17.7. The van der Waals surface area contributed by atoms with Crippen LogP contribution < -0.4 is 19.5 Å². The number of hydrogen-bond donors (Lipinski definition) is 2. The van der Waals surface area contributed by atoms with Crippen LogP contribution in [0.25, 0.3) is 11.0 Å². The minimum Gasteiger partial charge on any atom is -0.497 e. The minimum absolute atomic E-state index is 0.164. The predicted octanol–water partition coefficient (Wildman–Crippen LogP) is 4.04. The van der Waals surface area contributed by atoms with Crippen molar-refractivity contribution in [2.24, 2.45) is 0 Å². The Kier molecular flexibility index (Phi) is 7.58. The standard InChI is InChI=1S/C25H26FN5O5S/c1-4-12-37(33,34)30-21-7-5-6-19(22(21)26)24(32)28-17-13-20-23(27-14-17)31(29-25(20)36-3)15-16-8-10-18(35-2)11-9-16/h5-11,13-14,30H,4,12,15H2,1-3H3,(H,28,32). The fourth-order valence-electron chi connectivity index (χ4n) is 3.74. The van der Waals surface area contributed by atoms with Gasteiger partial charge in [0, 0.05) is 0 Å². The van der Waals surface area contributed by atoms with E-state index in [1.165, 1.54) is 31.5 Å². The van der Waals surface area contributed by atoms with E-state index in [1.54, 1.807) is 24.8 Å². The molecule has 4 rings (SSSR count). The van der Waals surface area contributed by atoms with Gasteiger partial charge in [0.25, 0.3) is 5.91 Å².